The lowest BCUT2D eigenvalue weighted by Crippen LogP contribution is -2.50. The highest BCUT2D eigenvalue weighted by Gasteiger charge is 2.29. The summed E-state index contributed by atoms with van der Waals surface area (Å²) in [5, 5.41) is 3.41. The van der Waals surface area contributed by atoms with Crippen molar-refractivity contribution in [1.82, 2.24) is 5.32 Å². The lowest BCUT2D eigenvalue weighted by molar-refractivity contribution is -0.120. The minimum absolute atomic E-state index is 0.150. The van der Waals surface area contributed by atoms with Crippen LogP contribution in [0.25, 0.3) is 0 Å². The Morgan fingerprint density at radius 1 is 1.47 bits per heavy atom. The number of nitrogens with two attached hydrogens (primary N) is 1. The van der Waals surface area contributed by atoms with Gasteiger partial charge in [0.2, 0.25) is 5.91 Å². The quantitative estimate of drug-likeness (QED) is 0.744. The van der Waals surface area contributed by atoms with Gasteiger partial charge in [-0.15, -0.1) is 0 Å². The molecule has 88 valence electrons. The standard InChI is InChI=1S/C12H24N2O/c1-4-10(12(13)15)14-11-7-5-6-8(2)9(11)3/h8-11,14H,4-7H2,1-3H3,(H2,13,15). The van der Waals surface area contributed by atoms with Crippen molar-refractivity contribution in [3.8, 4) is 0 Å². The molecule has 1 saturated carbocycles. The molecule has 0 radical (unpaired) electrons. The molecule has 1 amide bonds. The van der Waals surface area contributed by atoms with Gasteiger partial charge < -0.3 is 11.1 Å². The summed E-state index contributed by atoms with van der Waals surface area (Å²) in [5.41, 5.74) is 5.34. The van der Waals surface area contributed by atoms with Gasteiger partial charge in [0.15, 0.2) is 0 Å². The van der Waals surface area contributed by atoms with Crippen LogP contribution in [0.1, 0.15) is 46.5 Å². The molecule has 0 aliphatic heterocycles. The van der Waals surface area contributed by atoms with Gasteiger partial charge in [0, 0.05) is 6.04 Å². The zero-order valence-electron chi connectivity index (χ0n) is 10.1. The summed E-state index contributed by atoms with van der Waals surface area (Å²) in [5.74, 6) is 1.18. The lowest BCUT2D eigenvalue weighted by Gasteiger charge is -2.36. The van der Waals surface area contributed by atoms with Gasteiger partial charge in [-0.2, -0.15) is 0 Å². The van der Waals surface area contributed by atoms with Crippen molar-refractivity contribution < 1.29 is 4.79 Å². The van der Waals surface area contributed by atoms with E-state index in [1.807, 2.05) is 6.92 Å². The molecule has 3 N–H and O–H groups in total. The number of primary amides is 1. The highest BCUT2D eigenvalue weighted by atomic mass is 16.1. The number of carbonyl (C=O) groups is 1. The Morgan fingerprint density at radius 3 is 2.67 bits per heavy atom. The fourth-order valence-corrected chi connectivity index (χ4v) is 2.48. The fraction of sp³-hybridized carbons (Fsp3) is 0.917. The van der Waals surface area contributed by atoms with E-state index in [0.717, 1.165) is 12.3 Å². The SMILES string of the molecule is CCC(NC1CCCC(C)C1C)C(N)=O. The molecular weight excluding hydrogens is 188 g/mol. The number of nitrogens with one attached hydrogen (secondary N) is 1. The molecular formula is C12H24N2O. The van der Waals surface area contributed by atoms with Crippen molar-refractivity contribution in [3.63, 3.8) is 0 Å². The van der Waals surface area contributed by atoms with Crippen LogP contribution in [0.15, 0.2) is 0 Å². The highest BCUT2D eigenvalue weighted by molar-refractivity contribution is 5.79. The maximum atomic E-state index is 11.2. The van der Waals surface area contributed by atoms with Gasteiger partial charge in [-0.3, -0.25) is 4.79 Å². The highest BCUT2D eigenvalue weighted by Crippen LogP contribution is 2.29. The van der Waals surface area contributed by atoms with Crippen molar-refractivity contribution in [2.45, 2.75) is 58.5 Å². The summed E-state index contributed by atoms with van der Waals surface area (Å²) in [6, 6.07) is 0.314. The van der Waals surface area contributed by atoms with E-state index in [4.69, 9.17) is 5.73 Å². The molecule has 0 aromatic carbocycles. The predicted molar refractivity (Wildman–Crippen MR) is 62.4 cm³/mol. The molecule has 3 heteroatoms. The number of amides is 1. The first-order chi connectivity index (χ1) is 7.06. The first-order valence-corrected chi connectivity index (χ1v) is 6.11. The molecule has 4 atom stereocenters. The summed E-state index contributed by atoms with van der Waals surface area (Å²) in [7, 11) is 0. The number of hydrogen-bond acceptors (Lipinski definition) is 2. The molecule has 15 heavy (non-hydrogen) atoms. The van der Waals surface area contributed by atoms with E-state index in [0.29, 0.717) is 12.0 Å². The predicted octanol–water partition coefficient (Wildman–Crippen LogP) is 1.66. The van der Waals surface area contributed by atoms with Gasteiger partial charge in [0.1, 0.15) is 0 Å². The largest absolute Gasteiger partial charge is 0.368 e. The van der Waals surface area contributed by atoms with E-state index in [1.165, 1.54) is 19.3 Å². The second-order valence-electron chi connectivity index (χ2n) is 4.90. The smallest absolute Gasteiger partial charge is 0.234 e. The van der Waals surface area contributed by atoms with Crippen LogP contribution in [0, 0.1) is 11.8 Å². The zero-order chi connectivity index (χ0) is 11.4. The summed E-state index contributed by atoms with van der Waals surface area (Å²) < 4.78 is 0. The van der Waals surface area contributed by atoms with Gasteiger partial charge in [-0.1, -0.05) is 33.6 Å². The molecule has 4 unspecified atom stereocenters. The van der Waals surface area contributed by atoms with Crippen molar-refractivity contribution in [3.05, 3.63) is 0 Å². The molecule has 3 nitrogen and oxygen atoms in total. The van der Waals surface area contributed by atoms with Gasteiger partial charge in [0.05, 0.1) is 6.04 Å². The van der Waals surface area contributed by atoms with E-state index >= 15 is 0 Å². The topological polar surface area (TPSA) is 55.1 Å². The number of hydrogen-bond donors (Lipinski definition) is 2. The molecule has 0 aromatic heterocycles. The van der Waals surface area contributed by atoms with E-state index in [1.54, 1.807) is 0 Å². The zero-order valence-corrected chi connectivity index (χ0v) is 10.1. The monoisotopic (exact) mass is 212 g/mol. The number of rotatable bonds is 4. The Balaban J connectivity index is 2.52. The second kappa shape index (κ2) is 5.50. The maximum absolute atomic E-state index is 11.2. The molecule has 1 aliphatic carbocycles. The molecule has 1 rings (SSSR count). The first-order valence-electron chi connectivity index (χ1n) is 6.11. The molecule has 1 fully saturated rings. The molecule has 0 spiro atoms. The fourth-order valence-electron chi connectivity index (χ4n) is 2.48. The van der Waals surface area contributed by atoms with Crippen LogP contribution in [-0.2, 0) is 4.79 Å². The number of carbonyl (C=O) groups excluding carboxylic acids is 1. The molecule has 1 aliphatic rings. The Hall–Kier alpha value is -0.570. The Kier molecular flexibility index (Phi) is 4.58. The second-order valence-corrected chi connectivity index (χ2v) is 4.90. The van der Waals surface area contributed by atoms with Gasteiger partial charge in [0.25, 0.3) is 0 Å². The van der Waals surface area contributed by atoms with Crippen LogP contribution in [0.3, 0.4) is 0 Å². The van der Waals surface area contributed by atoms with Crippen LogP contribution in [0.5, 0.6) is 0 Å². The van der Waals surface area contributed by atoms with Crippen LogP contribution < -0.4 is 11.1 Å². The van der Waals surface area contributed by atoms with Crippen molar-refractivity contribution in [1.29, 1.82) is 0 Å². The van der Waals surface area contributed by atoms with Crippen molar-refractivity contribution in [2.24, 2.45) is 17.6 Å². The van der Waals surface area contributed by atoms with Gasteiger partial charge >= 0.3 is 0 Å². The third-order valence-corrected chi connectivity index (χ3v) is 3.87. The van der Waals surface area contributed by atoms with E-state index in [2.05, 4.69) is 19.2 Å². The Bertz CT molecular complexity index is 218. The molecule has 0 bridgehead atoms. The Morgan fingerprint density at radius 2 is 2.13 bits per heavy atom. The van der Waals surface area contributed by atoms with E-state index in [9.17, 15) is 4.79 Å². The third-order valence-electron chi connectivity index (χ3n) is 3.87. The summed E-state index contributed by atoms with van der Waals surface area (Å²) >= 11 is 0. The minimum Gasteiger partial charge on any atom is -0.368 e. The average molecular weight is 212 g/mol. The van der Waals surface area contributed by atoms with Crippen LogP contribution in [0.2, 0.25) is 0 Å². The molecule has 0 aromatic rings. The summed E-state index contributed by atoms with van der Waals surface area (Å²) in [4.78, 5) is 11.2. The van der Waals surface area contributed by atoms with Crippen molar-refractivity contribution in [2.75, 3.05) is 0 Å². The van der Waals surface area contributed by atoms with Gasteiger partial charge in [-0.25, -0.2) is 0 Å². The molecule has 0 heterocycles. The van der Waals surface area contributed by atoms with Gasteiger partial charge in [-0.05, 0) is 24.7 Å². The van der Waals surface area contributed by atoms with E-state index < -0.39 is 0 Å². The lowest BCUT2D eigenvalue weighted by atomic mass is 9.77. The van der Waals surface area contributed by atoms with Crippen molar-refractivity contribution >= 4 is 5.91 Å². The molecule has 0 saturated heterocycles. The summed E-state index contributed by atoms with van der Waals surface area (Å²) in [6.45, 7) is 6.57. The Labute approximate surface area is 92.8 Å². The van der Waals surface area contributed by atoms with Crippen LogP contribution in [-0.4, -0.2) is 18.0 Å². The third kappa shape index (κ3) is 3.20. The van der Waals surface area contributed by atoms with Crippen LogP contribution >= 0.6 is 0 Å². The average Bonchev–Trinajstić information content (AvgIpc) is 2.19. The van der Waals surface area contributed by atoms with Crippen LogP contribution in [0.4, 0.5) is 0 Å². The maximum Gasteiger partial charge on any atom is 0.234 e. The normalized spacial score (nSPS) is 33.7. The van der Waals surface area contributed by atoms with E-state index in [-0.39, 0.29) is 11.9 Å². The first kappa shape index (κ1) is 12.5. The minimum atomic E-state index is -0.220. The summed E-state index contributed by atoms with van der Waals surface area (Å²) in [6.07, 6.45) is 4.54.